The zero-order chi connectivity index (χ0) is 13.5. The van der Waals surface area contributed by atoms with Gasteiger partial charge in [0, 0.05) is 12.6 Å². The molecule has 1 aliphatic carbocycles. The van der Waals surface area contributed by atoms with E-state index in [9.17, 15) is 0 Å². The van der Waals surface area contributed by atoms with Crippen LogP contribution in [0.4, 0.5) is 6.01 Å². The van der Waals surface area contributed by atoms with Crippen molar-refractivity contribution in [2.24, 2.45) is 5.92 Å². The van der Waals surface area contributed by atoms with Crippen LogP contribution in [-0.4, -0.2) is 22.8 Å². The molecule has 0 unspecified atom stereocenters. The second-order valence-electron chi connectivity index (χ2n) is 5.76. The van der Waals surface area contributed by atoms with Crippen LogP contribution < -0.4 is 10.6 Å². The molecule has 2 rings (SSSR count). The Labute approximate surface area is 115 Å². The third-order valence-corrected chi connectivity index (χ3v) is 3.68. The third kappa shape index (κ3) is 5.19. The molecular formula is C14H26N4O. The van der Waals surface area contributed by atoms with Gasteiger partial charge in [0.25, 0.3) is 0 Å². The fourth-order valence-corrected chi connectivity index (χ4v) is 2.55. The molecule has 1 aromatic heterocycles. The summed E-state index contributed by atoms with van der Waals surface area (Å²) in [6, 6.07) is 0.978. The van der Waals surface area contributed by atoms with Gasteiger partial charge in [-0.05, 0) is 12.3 Å². The smallest absolute Gasteiger partial charge is 0.315 e. The lowest BCUT2D eigenvalue weighted by Crippen LogP contribution is -2.21. The van der Waals surface area contributed by atoms with E-state index in [0.717, 1.165) is 12.5 Å². The summed E-state index contributed by atoms with van der Waals surface area (Å²) in [6.45, 7) is 5.76. The SMILES string of the molecule is CC(C)NCc1nnc(NCCC2CCCCC2)o1. The van der Waals surface area contributed by atoms with E-state index in [1.807, 2.05) is 0 Å². The van der Waals surface area contributed by atoms with Gasteiger partial charge in [-0.15, -0.1) is 5.10 Å². The van der Waals surface area contributed by atoms with Crippen LogP contribution in [0.5, 0.6) is 0 Å². The standard InChI is InChI=1S/C14H26N4O/c1-11(2)16-10-13-17-18-14(19-13)15-9-8-12-6-4-3-5-7-12/h11-12,16H,3-10H2,1-2H3,(H,15,18). The fourth-order valence-electron chi connectivity index (χ4n) is 2.55. The predicted octanol–water partition coefficient (Wildman–Crippen LogP) is 2.95. The van der Waals surface area contributed by atoms with Crippen molar-refractivity contribution in [3.8, 4) is 0 Å². The molecule has 0 aliphatic heterocycles. The Kier molecular flexibility index (Phi) is 5.63. The van der Waals surface area contributed by atoms with Gasteiger partial charge in [-0.3, -0.25) is 0 Å². The van der Waals surface area contributed by atoms with Gasteiger partial charge in [-0.1, -0.05) is 51.1 Å². The molecule has 5 heteroatoms. The van der Waals surface area contributed by atoms with Crippen LogP contribution in [0.3, 0.4) is 0 Å². The van der Waals surface area contributed by atoms with Gasteiger partial charge >= 0.3 is 6.01 Å². The normalized spacial score (nSPS) is 17.0. The molecule has 19 heavy (non-hydrogen) atoms. The topological polar surface area (TPSA) is 63.0 Å². The van der Waals surface area contributed by atoms with Crippen molar-refractivity contribution in [3.05, 3.63) is 5.89 Å². The fraction of sp³-hybridized carbons (Fsp3) is 0.857. The molecule has 1 aromatic rings. The molecule has 5 nitrogen and oxygen atoms in total. The van der Waals surface area contributed by atoms with E-state index in [-0.39, 0.29) is 0 Å². The number of anilines is 1. The quantitative estimate of drug-likeness (QED) is 0.794. The average molecular weight is 266 g/mol. The molecule has 1 saturated carbocycles. The van der Waals surface area contributed by atoms with Crippen molar-refractivity contribution < 1.29 is 4.42 Å². The van der Waals surface area contributed by atoms with Crippen LogP contribution in [0.2, 0.25) is 0 Å². The second kappa shape index (κ2) is 7.48. The maximum Gasteiger partial charge on any atom is 0.315 e. The molecule has 0 bridgehead atoms. The third-order valence-electron chi connectivity index (χ3n) is 3.68. The lowest BCUT2D eigenvalue weighted by Gasteiger charge is -2.21. The lowest BCUT2D eigenvalue weighted by molar-refractivity contribution is 0.344. The Bertz CT molecular complexity index is 358. The molecular weight excluding hydrogens is 240 g/mol. The first-order valence-electron chi connectivity index (χ1n) is 7.53. The van der Waals surface area contributed by atoms with Crippen LogP contribution in [-0.2, 0) is 6.54 Å². The molecule has 2 N–H and O–H groups in total. The zero-order valence-corrected chi connectivity index (χ0v) is 12.1. The van der Waals surface area contributed by atoms with Crippen LogP contribution in [0.25, 0.3) is 0 Å². The molecule has 1 heterocycles. The van der Waals surface area contributed by atoms with Crippen molar-refractivity contribution in [1.29, 1.82) is 0 Å². The molecule has 0 radical (unpaired) electrons. The van der Waals surface area contributed by atoms with Crippen molar-refractivity contribution in [2.75, 3.05) is 11.9 Å². The summed E-state index contributed by atoms with van der Waals surface area (Å²) >= 11 is 0. The van der Waals surface area contributed by atoms with E-state index >= 15 is 0 Å². The van der Waals surface area contributed by atoms with Gasteiger partial charge in [0.1, 0.15) is 0 Å². The summed E-state index contributed by atoms with van der Waals surface area (Å²) < 4.78 is 5.53. The highest BCUT2D eigenvalue weighted by Gasteiger charge is 2.13. The first kappa shape index (κ1) is 14.3. The van der Waals surface area contributed by atoms with Crippen molar-refractivity contribution in [1.82, 2.24) is 15.5 Å². The zero-order valence-electron chi connectivity index (χ0n) is 12.1. The van der Waals surface area contributed by atoms with E-state index in [1.165, 1.54) is 38.5 Å². The summed E-state index contributed by atoms with van der Waals surface area (Å²) in [6.07, 6.45) is 8.19. The first-order valence-corrected chi connectivity index (χ1v) is 7.53. The van der Waals surface area contributed by atoms with Gasteiger partial charge in [0.2, 0.25) is 5.89 Å². The highest BCUT2D eigenvalue weighted by molar-refractivity contribution is 5.16. The summed E-state index contributed by atoms with van der Waals surface area (Å²) in [5, 5.41) is 14.5. The maximum atomic E-state index is 5.53. The number of hydrogen-bond donors (Lipinski definition) is 2. The van der Waals surface area contributed by atoms with Crippen molar-refractivity contribution in [3.63, 3.8) is 0 Å². The Balaban J connectivity index is 1.65. The second-order valence-corrected chi connectivity index (χ2v) is 5.76. The van der Waals surface area contributed by atoms with Crippen LogP contribution in [0.1, 0.15) is 58.3 Å². The first-order chi connectivity index (χ1) is 9.24. The molecule has 0 amide bonds. The maximum absolute atomic E-state index is 5.53. The number of rotatable bonds is 7. The summed E-state index contributed by atoms with van der Waals surface area (Å²) in [5.41, 5.74) is 0. The molecule has 1 fully saturated rings. The summed E-state index contributed by atoms with van der Waals surface area (Å²) in [5.74, 6) is 1.53. The van der Waals surface area contributed by atoms with Crippen LogP contribution in [0, 0.1) is 5.92 Å². The van der Waals surface area contributed by atoms with E-state index in [2.05, 4.69) is 34.7 Å². The number of nitrogens with one attached hydrogen (secondary N) is 2. The van der Waals surface area contributed by atoms with Gasteiger partial charge in [0.05, 0.1) is 6.54 Å². The highest BCUT2D eigenvalue weighted by atomic mass is 16.4. The molecule has 1 aliphatic rings. The van der Waals surface area contributed by atoms with E-state index in [0.29, 0.717) is 24.5 Å². The Morgan fingerprint density at radius 2 is 2.00 bits per heavy atom. The van der Waals surface area contributed by atoms with E-state index < -0.39 is 0 Å². The van der Waals surface area contributed by atoms with Gasteiger partial charge in [-0.25, -0.2) is 0 Å². The van der Waals surface area contributed by atoms with Gasteiger partial charge in [0.15, 0.2) is 0 Å². The molecule has 0 saturated heterocycles. The van der Waals surface area contributed by atoms with E-state index in [1.54, 1.807) is 0 Å². The highest BCUT2D eigenvalue weighted by Crippen LogP contribution is 2.26. The van der Waals surface area contributed by atoms with E-state index in [4.69, 9.17) is 4.42 Å². The van der Waals surface area contributed by atoms with Crippen LogP contribution >= 0.6 is 0 Å². The minimum atomic E-state index is 0.426. The minimum absolute atomic E-state index is 0.426. The minimum Gasteiger partial charge on any atom is -0.407 e. The Morgan fingerprint density at radius 3 is 2.74 bits per heavy atom. The van der Waals surface area contributed by atoms with Crippen molar-refractivity contribution in [2.45, 2.75) is 65.0 Å². The molecule has 0 aromatic carbocycles. The molecule has 0 atom stereocenters. The van der Waals surface area contributed by atoms with Crippen LogP contribution in [0.15, 0.2) is 4.42 Å². The largest absolute Gasteiger partial charge is 0.407 e. The Morgan fingerprint density at radius 1 is 1.21 bits per heavy atom. The van der Waals surface area contributed by atoms with Crippen molar-refractivity contribution >= 4 is 6.01 Å². The average Bonchev–Trinajstić information content (AvgIpc) is 2.86. The van der Waals surface area contributed by atoms with Gasteiger partial charge < -0.3 is 15.1 Å². The summed E-state index contributed by atoms with van der Waals surface area (Å²) in [4.78, 5) is 0. The molecule has 0 spiro atoms. The number of nitrogens with zero attached hydrogens (tertiary/aromatic N) is 2. The monoisotopic (exact) mass is 266 g/mol. The number of hydrogen-bond acceptors (Lipinski definition) is 5. The number of aromatic nitrogens is 2. The molecule has 108 valence electrons. The van der Waals surface area contributed by atoms with Gasteiger partial charge in [-0.2, -0.15) is 0 Å². The summed E-state index contributed by atoms with van der Waals surface area (Å²) in [7, 11) is 0. The lowest BCUT2D eigenvalue weighted by atomic mass is 9.87. The Hall–Kier alpha value is -1.10. The predicted molar refractivity (Wildman–Crippen MR) is 76.0 cm³/mol.